The molecular formula is C15H18N2. The van der Waals surface area contributed by atoms with E-state index in [9.17, 15) is 5.26 Å². The van der Waals surface area contributed by atoms with Gasteiger partial charge in [-0.25, -0.2) is 0 Å². The lowest BCUT2D eigenvalue weighted by molar-refractivity contribution is 0.356. The molecule has 17 heavy (non-hydrogen) atoms. The van der Waals surface area contributed by atoms with Crippen LogP contribution >= 0.6 is 0 Å². The van der Waals surface area contributed by atoms with E-state index < -0.39 is 0 Å². The molecule has 1 aliphatic rings. The van der Waals surface area contributed by atoms with Crippen LogP contribution in [0.4, 0.5) is 5.69 Å². The van der Waals surface area contributed by atoms with E-state index in [-0.39, 0.29) is 5.54 Å². The minimum absolute atomic E-state index is 0.320. The maximum atomic E-state index is 9.23. The third-order valence-electron chi connectivity index (χ3n) is 3.52. The average molecular weight is 226 g/mol. The topological polar surface area (TPSA) is 35.8 Å². The largest absolute Gasteiger partial charge is 0.367 e. The summed E-state index contributed by atoms with van der Waals surface area (Å²) in [5, 5.41) is 12.6. The highest BCUT2D eigenvalue weighted by atomic mass is 15.0. The Hall–Kier alpha value is -1.75. The van der Waals surface area contributed by atoms with Crippen LogP contribution in [0.1, 0.15) is 37.3 Å². The molecule has 1 saturated carbocycles. The predicted molar refractivity (Wildman–Crippen MR) is 71.7 cm³/mol. The normalized spacial score (nSPS) is 17.5. The lowest BCUT2D eigenvalue weighted by Crippen LogP contribution is -2.43. The summed E-state index contributed by atoms with van der Waals surface area (Å²) >= 11 is 0. The highest BCUT2D eigenvalue weighted by Gasteiger charge is 2.37. The molecule has 2 nitrogen and oxygen atoms in total. The molecule has 0 atom stereocenters. The van der Waals surface area contributed by atoms with Gasteiger partial charge in [0.15, 0.2) is 0 Å². The van der Waals surface area contributed by atoms with Crippen LogP contribution in [-0.4, -0.2) is 5.54 Å². The van der Waals surface area contributed by atoms with E-state index in [0.717, 1.165) is 24.9 Å². The smallest absolute Gasteiger partial charge is 0.125 e. The fraction of sp³-hybridized carbons (Fsp3) is 0.400. The zero-order valence-corrected chi connectivity index (χ0v) is 10.5. The number of nitrogens with one attached hydrogen (secondary N) is 1. The van der Waals surface area contributed by atoms with E-state index >= 15 is 0 Å². The van der Waals surface area contributed by atoms with Gasteiger partial charge in [-0.05, 0) is 50.3 Å². The van der Waals surface area contributed by atoms with Crippen molar-refractivity contribution in [2.45, 2.75) is 38.6 Å². The molecule has 2 rings (SSSR count). The van der Waals surface area contributed by atoms with Crippen LogP contribution in [0.3, 0.4) is 0 Å². The Bertz CT molecular complexity index is 476. The summed E-state index contributed by atoms with van der Waals surface area (Å²) in [6.07, 6.45) is 7.19. The van der Waals surface area contributed by atoms with Crippen molar-refractivity contribution in [3.8, 4) is 6.07 Å². The summed E-state index contributed by atoms with van der Waals surface area (Å²) in [5.41, 5.74) is 3.19. The highest BCUT2D eigenvalue weighted by Crippen LogP contribution is 2.36. The lowest BCUT2D eigenvalue weighted by atomic mass is 9.77. The van der Waals surface area contributed by atoms with E-state index in [1.54, 1.807) is 0 Å². The van der Waals surface area contributed by atoms with Crippen LogP contribution in [0.25, 0.3) is 6.08 Å². The Morgan fingerprint density at radius 2 is 2.18 bits per heavy atom. The van der Waals surface area contributed by atoms with E-state index in [0.29, 0.717) is 0 Å². The number of nitrogens with zero attached hydrogens (tertiary/aromatic N) is 1. The van der Waals surface area contributed by atoms with Crippen molar-refractivity contribution in [3.63, 3.8) is 0 Å². The fourth-order valence-electron chi connectivity index (χ4n) is 2.20. The standard InChI is InChI=1S/C15H18N2/c1-3-6-13-7-4-8-14(12(13)2)17-15(11-16)9-5-10-15/h3-4,6-8,17H,5,9-10H2,1-2H3/b6-3-. The van der Waals surface area contributed by atoms with Crippen LogP contribution in [0.15, 0.2) is 24.3 Å². The Labute approximate surface area is 103 Å². The second-order valence-electron chi connectivity index (χ2n) is 4.69. The lowest BCUT2D eigenvalue weighted by Gasteiger charge is -2.37. The average Bonchev–Trinajstić information content (AvgIpc) is 2.28. The molecule has 1 aromatic carbocycles. The van der Waals surface area contributed by atoms with Gasteiger partial charge in [0.2, 0.25) is 0 Å². The van der Waals surface area contributed by atoms with Gasteiger partial charge in [-0.2, -0.15) is 5.26 Å². The molecule has 0 aromatic heterocycles. The van der Waals surface area contributed by atoms with Gasteiger partial charge in [-0.15, -0.1) is 0 Å². The predicted octanol–water partition coefficient (Wildman–Crippen LogP) is 3.89. The van der Waals surface area contributed by atoms with Gasteiger partial charge in [0.25, 0.3) is 0 Å². The van der Waals surface area contributed by atoms with E-state index in [1.165, 1.54) is 11.1 Å². The van der Waals surface area contributed by atoms with Gasteiger partial charge in [0.1, 0.15) is 5.54 Å². The quantitative estimate of drug-likeness (QED) is 0.848. The van der Waals surface area contributed by atoms with Crippen molar-refractivity contribution in [3.05, 3.63) is 35.4 Å². The molecule has 1 N–H and O–H groups in total. The van der Waals surface area contributed by atoms with Crippen molar-refractivity contribution >= 4 is 11.8 Å². The van der Waals surface area contributed by atoms with Crippen LogP contribution < -0.4 is 5.32 Å². The summed E-state index contributed by atoms with van der Waals surface area (Å²) in [7, 11) is 0. The van der Waals surface area contributed by atoms with E-state index in [2.05, 4.69) is 36.5 Å². The highest BCUT2D eigenvalue weighted by molar-refractivity contribution is 5.65. The Morgan fingerprint density at radius 1 is 1.41 bits per heavy atom. The van der Waals surface area contributed by atoms with Crippen LogP contribution in [-0.2, 0) is 0 Å². The molecule has 0 spiro atoms. The molecule has 1 aliphatic carbocycles. The van der Waals surface area contributed by atoms with Crippen molar-refractivity contribution < 1.29 is 0 Å². The number of allylic oxidation sites excluding steroid dienone is 1. The maximum Gasteiger partial charge on any atom is 0.125 e. The summed E-state index contributed by atoms with van der Waals surface area (Å²) in [6.45, 7) is 4.11. The zero-order valence-electron chi connectivity index (χ0n) is 10.5. The number of rotatable bonds is 3. The van der Waals surface area contributed by atoms with Crippen molar-refractivity contribution in [1.82, 2.24) is 0 Å². The van der Waals surface area contributed by atoms with Crippen LogP contribution in [0.5, 0.6) is 0 Å². The first-order valence-corrected chi connectivity index (χ1v) is 6.12. The third kappa shape index (κ3) is 2.19. The molecule has 1 fully saturated rings. The maximum absolute atomic E-state index is 9.23. The summed E-state index contributed by atoms with van der Waals surface area (Å²) in [6, 6.07) is 8.60. The van der Waals surface area contributed by atoms with Gasteiger partial charge in [0, 0.05) is 5.69 Å². The van der Waals surface area contributed by atoms with Crippen molar-refractivity contribution in [2.75, 3.05) is 5.32 Å². The van der Waals surface area contributed by atoms with Crippen molar-refractivity contribution in [1.29, 1.82) is 5.26 Å². The molecule has 0 aliphatic heterocycles. The number of hydrogen-bond donors (Lipinski definition) is 1. The second kappa shape index (κ2) is 4.63. The molecule has 0 amide bonds. The molecule has 0 radical (unpaired) electrons. The number of nitriles is 1. The monoisotopic (exact) mass is 226 g/mol. The second-order valence-corrected chi connectivity index (χ2v) is 4.69. The first kappa shape index (κ1) is 11.7. The molecule has 2 heteroatoms. The molecule has 0 heterocycles. The third-order valence-corrected chi connectivity index (χ3v) is 3.52. The van der Waals surface area contributed by atoms with Gasteiger partial charge in [0.05, 0.1) is 6.07 Å². The van der Waals surface area contributed by atoms with Crippen LogP contribution in [0.2, 0.25) is 0 Å². The summed E-state index contributed by atoms with van der Waals surface area (Å²) in [5.74, 6) is 0. The first-order chi connectivity index (χ1) is 8.21. The SMILES string of the molecule is C/C=C\c1cccc(NC2(C#N)CCC2)c1C. The van der Waals surface area contributed by atoms with E-state index in [4.69, 9.17) is 0 Å². The van der Waals surface area contributed by atoms with E-state index in [1.807, 2.05) is 19.1 Å². The minimum atomic E-state index is -0.320. The molecule has 0 unspecified atom stereocenters. The van der Waals surface area contributed by atoms with Gasteiger partial charge in [-0.3, -0.25) is 0 Å². The van der Waals surface area contributed by atoms with Gasteiger partial charge < -0.3 is 5.32 Å². The molecule has 88 valence electrons. The van der Waals surface area contributed by atoms with Crippen molar-refractivity contribution in [2.24, 2.45) is 0 Å². The minimum Gasteiger partial charge on any atom is -0.367 e. The summed E-state index contributed by atoms with van der Waals surface area (Å²) in [4.78, 5) is 0. The number of anilines is 1. The Morgan fingerprint density at radius 3 is 2.71 bits per heavy atom. The van der Waals surface area contributed by atoms with Gasteiger partial charge in [-0.1, -0.05) is 24.3 Å². The Kier molecular flexibility index (Phi) is 3.19. The molecule has 1 aromatic rings. The Balaban J connectivity index is 2.28. The zero-order chi connectivity index (χ0) is 12.3. The molecule has 0 saturated heterocycles. The van der Waals surface area contributed by atoms with Gasteiger partial charge >= 0.3 is 0 Å². The molecule has 0 bridgehead atoms. The first-order valence-electron chi connectivity index (χ1n) is 6.12. The molecular weight excluding hydrogens is 208 g/mol. The number of hydrogen-bond acceptors (Lipinski definition) is 2. The summed E-state index contributed by atoms with van der Waals surface area (Å²) < 4.78 is 0. The number of benzene rings is 1. The fourth-order valence-corrected chi connectivity index (χ4v) is 2.20. The van der Waals surface area contributed by atoms with Crippen LogP contribution in [0, 0.1) is 18.3 Å².